The summed E-state index contributed by atoms with van der Waals surface area (Å²) in [6.07, 6.45) is 9.83. The molecule has 0 spiro atoms. The Morgan fingerprint density at radius 1 is 1.36 bits per heavy atom. The molecule has 1 saturated carbocycles. The van der Waals surface area contributed by atoms with E-state index in [2.05, 4.69) is 15.3 Å². The molecule has 1 saturated heterocycles. The minimum Gasteiger partial charge on any atom is -0.375 e. The van der Waals surface area contributed by atoms with E-state index in [1.165, 1.54) is 19.1 Å². The van der Waals surface area contributed by atoms with Crippen LogP contribution in [0.2, 0.25) is 5.02 Å². The highest BCUT2D eigenvalue weighted by Crippen LogP contribution is 2.37. The molecule has 0 bridgehead atoms. The normalized spacial score (nSPS) is 19.6. The summed E-state index contributed by atoms with van der Waals surface area (Å²) in [5.41, 5.74) is 9.06. The van der Waals surface area contributed by atoms with Crippen molar-refractivity contribution in [2.45, 2.75) is 37.8 Å². The van der Waals surface area contributed by atoms with Gasteiger partial charge in [-0.15, -0.1) is 0 Å². The quantitative estimate of drug-likeness (QED) is 0.587. The Morgan fingerprint density at radius 2 is 2.21 bits per heavy atom. The molecular weight excluding hydrogens is 376 g/mol. The van der Waals surface area contributed by atoms with Crippen LogP contribution in [0.3, 0.4) is 0 Å². The van der Waals surface area contributed by atoms with E-state index in [1.807, 2.05) is 29.2 Å². The third-order valence-electron chi connectivity index (χ3n) is 5.27. The van der Waals surface area contributed by atoms with Crippen molar-refractivity contribution < 1.29 is 4.74 Å². The molecule has 8 heteroatoms. The van der Waals surface area contributed by atoms with Gasteiger partial charge in [-0.05, 0) is 37.8 Å². The Kier molecular flexibility index (Phi) is 5.85. The molecule has 4 rings (SSSR count). The highest BCUT2D eigenvalue weighted by Gasteiger charge is 2.25. The Morgan fingerprint density at radius 3 is 2.96 bits per heavy atom. The maximum absolute atomic E-state index is 7.76. The molecule has 1 atom stereocenters. The Bertz CT molecular complexity index is 834. The van der Waals surface area contributed by atoms with Gasteiger partial charge in [0, 0.05) is 43.3 Å². The van der Waals surface area contributed by atoms with Crippen molar-refractivity contribution in [3.63, 3.8) is 0 Å². The van der Waals surface area contributed by atoms with Gasteiger partial charge in [-0.2, -0.15) is 5.10 Å². The van der Waals surface area contributed by atoms with E-state index in [1.54, 1.807) is 0 Å². The first-order valence-electron chi connectivity index (χ1n) is 9.89. The number of nitrogens with zero attached hydrogens (tertiary/aromatic N) is 3. The average Bonchev–Trinajstić information content (AvgIpc) is 3.46. The summed E-state index contributed by atoms with van der Waals surface area (Å²) in [6.45, 7) is 2.85. The van der Waals surface area contributed by atoms with E-state index >= 15 is 0 Å². The predicted octanol–water partition coefficient (Wildman–Crippen LogP) is 3.56. The number of anilines is 3. The lowest BCUT2D eigenvalue weighted by Crippen LogP contribution is -2.40. The molecule has 2 heterocycles. The van der Waals surface area contributed by atoms with Crippen molar-refractivity contribution in [3.05, 3.63) is 35.1 Å². The molecule has 0 radical (unpaired) electrons. The fourth-order valence-electron chi connectivity index (χ4n) is 3.67. The molecule has 1 aromatic heterocycles. The molecule has 1 aromatic carbocycles. The number of benzene rings is 1. The number of rotatable bonds is 8. The van der Waals surface area contributed by atoms with Gasteiger partial charge in [0.25, 0.3) is 0 Å². The van der Waals surface area contributed by atoms with E-state index in [-0.39, 0.29) is 6.10 Å². The van der Waals surface area contributed by atoms with Gasteiger partial charge in [0.1, 0.15) is 0 Å². The van der Waals surface area contributed by atoms with Gasteiger partial charge >= 0.3 is 0 Å². The summed E-state index contributed by atoms with van der Waals surface area (Å²) in [5.74, 6) is 0. The molecule has 2 aromatic rings. The van der Waals surface area contributed by atoms with Gasteiger partial charge in [-0.25, -0.2) is 0 Å². The molecule has 0 amide bonds. The first-order valence-corrected chi connectivity index (χ1v) is 10.3. The second-order valence-electron chi connectivity index (χ2n) is 7.47. The minimum absolute atomic E-state index is 0.170. The second kappa shape index (κ2) is 8.51. The Balaban J connectivity index is 1.55. The number of piperidine rings is 1. The van der Waals surface area contributed by atoms with Gasteiger partial charge in [-0.1, -0.05) is 11.6 Å². The van der Waals surface area contributed by atoms with Gasteiger partial charge < -0.3 is 26.1 Å². The van der Waals surface area contributed by atoms with Crippen LogP contribution in [-0.4, -0.2) is 48.3 Å². The fraction of sp³-hybridized carbons (Fsp3) is 0.500. The van der Waals surface area contributed by atoms with Crippen LogP contribution in [-0.2, 0) is 4.74 Å². The monoisotopic (exact) mass is 402 g/mol. The summed E-state index contributed by atoms with van der Waals surface area (Å²) < 4.78 is 7.86. The molecule has 0 unspecified atom stereocenters. The van der Waals surface area contributed by atoms with E-state index in [0.717, 1.165) is 48.6 Å². The molecule has 1 aliphatic heterocycles. The lowest BCUT2D eigenvalue weighted by molar-refractivity contribution is 0.0488. The number of hydrogen-bond acceptors (Lipinski definition) is 6. The molecular formula is C20H27ClN6O. The van der Waals surface area contributed by atoms with Crippen molar-refractivity contribution in [1.82, 2.24) is 9.78 Å². The number of aromatic nitrogens is 2. The fourth-order valence-corrected chi connectivity index (χ4v) is 3.96. The van der Waals surface area contributed by atoms with Gasteiger partial charge in [-0.3, -0.25) is 4.68 Å². The lowest BCUT2D eigenvalue weighted by Gasteiger charge is -2.35. The van der Waals surface area contributed by atoms with Crippen molar-refractivity contribution in [2.24, 2.45) is 5.73 Å². The third kappa shape index (κ3) is 4.32. The Labute approximate surface area is 170 Å². The van der Waals surface area contributed by atoms with Gasteiger partial charge in [0.2, 0.25) is 0 Å². The minimum atomic E-state index is 0.170. The standard InChI is InChI=1S/C20H27ClN6O/c21-18-8-14(10-23)19(25-15-11-24-27(12-15)16-3-4-16)9-20(18)26-6-1-2-17(13-26)28-7-5-22/h8-12,16-17,23,25H,1-7,13,22H2/t17-/m1/s1. The third-order valence-corrected chi connectivity index (χ3v) is 5.57. The first-order chi connectivity index (χ1) is 13.7. The summed E-state index contributed by atoms with van der Waals surface area (Å²) in [4.78, 5) is 2.26. The van der Waals surface area contributed by atoms with E-state index < -0.39 is 0 Å². The maximum atomic E-state index is 7.76. The zero-order chi connectivity index (χ0) is 19.5. The van der Waals surface area contributed by atoms with Crippen LogP contribution in [0.1, 0.15) is 37.3 Å². The lowest BCUT2D eigenvalue weighted by atomic mass is 10.1. The van der Waals surface area contributed by atoms with Crippen LogP contribution in [0.5, 0.6) is 0 Å². The predicted molar refractivity (Wildman–Crippen MR) is 113 cm³/mol. The summed E-state index contributed by atoms with van der Waals surface area (Å²) in [6, 6.07) is 4.42. The SMILES string of the molecule is N=Cc1cc(Cl)c(N2CCC[C@@H](OCCN)C2)cc1Nc1cnn(C2CC2)c1. The van der Waals surface area contributed by atoms with Crippen molar-refractivity contribution >= 4 is 34.9 Å². The van der Waals surface area contributed by atoms with E-state index in [9.17, 15) is 0 Å². The number of nitrogens with one attached hydrogen (secondary N) is 2. The van der Waals surface area contributed by atoms with Crippen molar-refractivity contribution in [1.29, 1.82) is 5.41 Å². The first kappa shape index (κ1) is 19.2. The van der Waals surface area contributed by atoms with Gasteiger partial charge in [0.05, 0.1) is 41.3 Å². The Hall–Kier alpha value is -2.09. The van der Waals surface area contributed by atoms with E-state index in [4.69, 9.17) is 27.5 Å². The molecule has 7 nitrogen and oxygen atoms in total. The van der Waals surface area contributed by atoms with Crippen molar-refractivity contribution in [3.8, 4) is 0 Å². The van der Waals surface area contributed by atoms with E-state index in [0.29, 0.717) is 24.2 Å². The van der Waals surface area contributed by atoms with Crippen LogP contribution in [0.4, 0.5) is 17.1 Å². The molecule has 1 aliphatic carbocycles. The van der Waals surface area contributed by atoms with Crippen LogP contribution >= 0.6 is 11.6 Å². The van der Waals surface area contributed by atoms with Crippen LogP contribution in [0.25, 0.3) is 0 Å². The zero-order valence-electron chi connectivity index (χ0n) is 15.9. The molecule has 2 aliphatic rings. The van der Waals surface area contributed by atoms with Crippen LogP contribution in [0, 0.1) is 5.41 Å². The van der Waals surface area contributed by atoms with Crippen LogP contribution in [0.15, 0.2) is 24.5 Å². The topological polar surface area (TPSA) is 92.2 Å². The zero-order valence-corrected chi connectivity index (χ0v) is 16.7. The molecule has 150 valence electrons. The van der Waals surface area contributed by atoms with Crippen LogP contribution < -0.4 is 16.0 Å². The van der Waals surface area contributed by atoms with Crippen molar-refractivity contribution in [2.75, 3.05) is 36.5 Å². The molecule has 4 N–H and O–H groups in total. The molecule has 28 heavy (non-hydrogen) atoms. The number of halogens is 1. The number of hydrogen-bond donors (Lipinski definition) is 3. The van der Waals surface area contributed by atoms with Gasteiger partial charge in [0.15, 0.2) is 0 Å². The largest absolute Gasteiger partial charge is 0.375 e. The highest BCUT2D eigenvalue weighted by atomic mass is 35.5. The maximum Gasteiger partial charge on any atom is 0.0770 e. The second-order valence-corrected chi connectivity index (χ2v) is 7.88. The summed E-state index contributed by atoms with van der Waals surface area (Å²) in [5, 5.41) is 16.3. The number of nitrogens with two attached hydrogens (primary N) is 1. The smallest absolute Gasteiger partial charge is 0.0770 e. The summed E-state index contributed by atoms with van der Waals surface area (Å²) >= 11 is 6.57. The average molecular weight is 403 g/mol. The highest BCUT2D eigenvalue weighted by molar-refractivity contribution is 6.33. The summed E-state index contributed by atoms with van der Waals surface area (Å²) in [7, 11) is 0. The number of ether oxygens (including phenoxy) is 1. The molecule has 2 fully saturated rings.